The van der Waals surface area contributed by atoms with Crippen LogP contribution in [0.3, 0.4) is 0 Å². The molecule has 6 nitrogen and oxygen atoms in total. The van der Waals surface area contributed by atoms with E-state index in [1.807, 2.05) is 69.2 Å². The quantitative estimate of drug-likeness (QED) is 0.373. The number of nitrogens with two attached hydrogens (primary N) is 1. The fourth-order valence-electron chi connectivity index (χ4n) is 6.59. The number of amides is 2. The third-order valence-electron chi connectivity index (χ3n) is 8.49. The van der Waals surface area contributed by atoms with Crippen LogP contribution in [0.2, 0.25) is 0 Å². The molecule has 0 unspecified atom stereocenters. The summed E-state index contributed by atoms with van der Waals surface area (Å²) in [4.78, 5) is 29.6. The van der Waals surface area contributed by atoms with E-state index in [1.54, 1.807) is 4.90 Å². The Labute approximate surface area is 209 Å². The van der Waals surface area contributed by atoms with E-state index >= 15 is 0 Å². The van der Waals surface area contributed by atoms with E-state index < -0.39 is 45.4 Å². The standard InChI is InChI=1S/C28H54N2O4/c1-11-27(33,12-2)20(24(5,6)7)30(21(25(8,9)10)28(34,13-3)14-4)23(32)26(22(29)31)18-16-15-17-19-26/h20-21,33-34H,11-19H2,1-10H3,(H2,29,31)/t20-,21-/m1/s1. The molecule has 2 amide bonds. The summed E-state index contributed by atoms with van der Waals surface area (Å²) in [6.45, 7) is 19.9. The molecule has 1 aliphatic carbocycles. The summed E-state index contributed by atoms with van der Waals surface area (Å²) in [5.41, 5.74) is 1.28. The zero-order chi connectivity index (χ0) is 26.8. The van der Waals surface area contributed by atoms with Gasteiger partial charge in [0.15, 0.2) is 0 Å². The van der Waals surface area contributed by atoms with E-state index in [0.29, 0.717) is 38.5 Å². The molecular weight excluding hydrogens is 428 g/mol. The maximum absolute atomic E-state index is 14.8. The molecule has 0 bridgehead atoms. The molecule has 4 N–H and O–H groups in total. The van der Waals surface area contributed by atoms with Crippen LogP contribution in [0.15, 0.2) is 0 Å². The Kier molecular flexibility index (Phi) is 9.87. The van der Waals surface area contributed by atoms with E-state index in [1.165, 1.54) is 0 Å². The monoisotopic (exact) mass is 482 g/mol. The molecule has 0 saturated heterocycles. The lowest BCUT2D eigenvalue weighted by Gasteiger charge is -2.59. The molecule has 0 aromatic rings. The Morgan fingerprint density at radius 1 is 0.765 bits per heavy atom. The number of hydrogen-bond acceptors (Lipinski definition) is 4. The Morgan fingerprint density at radius 3 is 1.32 bits per heavy atom. The first-order valence-corrected chi connectivity index (χ1v) is 13.5. The van der Waals surface area contributed by atoms with Gasteiger partial charge in [-0.1, -0.05) is 88.5 Å². The number of aliphatic hydroxyl groups is 2. The maximum Gasteiger partial charge on any atom is 0.238 e. The smallest absolute Gasteiger partial charge is 0.238 e. The largest absolute Gasteiger partial charge is 0.388 e. The van der Waals surface area contributed by atoms with Crippen molar-refractivity contribution in [2.75, 3.05) is 0 Å². The molecule has 34 heavy (non-hydrogen) atoms. The van der Waals surface area contributed by atoms with Crippen molar-refractivity contribution >= 4 is 11.8 Å². The van der Waals surface area contributed by atoms with Crippen LogP contribution < -0.4 is 5.73 Å². The molecule has 0 spiro atoms. The Morgan fingerprint density at radius 2 is 1.09 bits per heavy atom. The summed E-state index contributed by atoms with van der Waals surface area (Å²) in [6, 6.07) is -1.23. The molecule has 6 heteroatoms. The molecule has 1 rings (SSSR count). The van der Waals surface area contributed by atoms with Gasteiger partial charge in [0.1, 0.15) is 5.41 Å². The van der Waals surface area contributed by atoms with E-state index in [2.05, 4.69) is 0 Å². The van der Waals surface area contributed by atoms with E-state index in [0.717, 1.165) is 19.3 Å². The average Bonchev–Trinajstić information content (AvgIpc) is 2.76. The van der Waals surface area contributed by atoms with Crippen molar-refractivity contribution in [2.45, 2.75) is 150 Å². The van der Waals surface area contributed by atoms with Gasteiger partial charge in [0.25, 0.3) is 0 Å². The second kappa shape index (κ2) is 10.9. The van der Waals surface area contributed by atoms with Gasteiger partial charge in [-0.15, -0.1) is 0 Å². The van der Waals surface area contributed by atoms with Crippen molar-refractivity contribution in [3.63, 3.8) is 0 Å². The molecular formula is C28H54N2O4. The minimum atomic E-state index is -1.31. The Hall–Kier alpha value is -1.14. The molecule has 0 aromatic heterocycles. The predicted molar refractivity (Wildman–Crippen MR) is 139 cm³/mol. The fourth-order valence-corrected chi connectivity index (χ4v) is 6.59. The molecule has 0 aliphatic heterocycles. The average molecular weight is 483 g/mol. The second-order valence-corrected chi connectivity index (χ2v) is 12.9. The van der Waals surface area contributed by atoms with E-state index in [9.17, 15) is 19.8 Å². The molecule has 1 fully saturated rings. The summed E-state index contributed by atoms with van der Waals surface area (Å²) < 4.78 is 0. The summed E-state index contributed by atoms with van der Waals surface area (Å²) >= 11 is 0. The highest BCUT2D eigenvalue weighted by molar-refractivity contribution is 6.04. The van der Waals surface area contributed by atoms with Crippen molar-refractivity contribution in [2.24, 2.45) is 22.0 Å². The van der Waals surface area contributed by atoms with Gasteiger partial charge in [0.05, 0.1) is 23.3 Å². The van der Waals surface area contributed by atoms with Crippen molar-refractivity contribution < 1.29 is 19.8 Å². The van der Waals surface area contributed by atoms with Gasteiger partial charge in [-0.2, -0.15) is 0 Å². The second-order valence-electron chi connectivity index (χ2n) is 12.9. The number of primary amides is 1. The van der Waals surface area contributed by atoms with Gasteiger partial charge in [-0.3, -0.25) is 9.59 Å². The maximum atomic E-state index is 14.8. The zero-order valence-electron chi connectivity index (χ0n) is 23.8. The molecule has 0 radical (unpaired) electrons. The lowest BCUT2D eigenvalue weighted by atomic mass is 9.64. The molecule has 1 aliphatic rings. The van der Waals surface area contributed by atoms with Gasteiger partial charge in [0.2, 0.25) is 11.8 Å². The lowest BCUT2D eigenvalue weighted by molar-refractivity contribution is -0.194. The normalized spacial score (nSPS) is 19.4. The number of hydrogen-bond donors (Lipinski definition) is 3. The number of carbonyl (C=O) groups excluding carboxylic acids is 2. The molecule has 0 heterocycles. The van der Waals surface area contributed by atoms with Crippen LogP contribution in [0.5, 0.6) is 0 Å². The van der Waals surface area contributed by atoms with E-state index in [4.69, 9.17) is 5.73 Å². The molecule has 0 aromatic carbocycles. The number of rotatable bonds is 10. The van der Waals surface area contributed by atoms with Crippen LogP contribution >= 0.6 is 0 Å². The first-order valence-electron chi connectivity index (χ1n) is 13.5. The van der Waals surface area contributed by atoms with Crippen LogP contribution in [0, 0.1) is 16.2 Å². The Bertz CT molecular complexity index is 654. The van der Waals surface area contributed by atoms with E-state index in [-0.39, 0.29) is 5.91 Å². The van der Waals surface area contributed by atoms with Crippen LogP contribution in [0.4, 0.5) is 0 Å². The minimum absolute atomic E-state index is 0.319. The van der Waals surface area contributed by atoms with Gasteiger partial charge < -0.3 is 20.8 Å². The third kappa shape index (κ3) is 5.80. The van der Waals surface area contributed by atoms with Crippen LogP contribution in [0.25, 0.3) is 0 Å². The van der Waals surface area contributed by atoms with Gasteiger partial charge in [-0.05, 0) is 49.4 Å². The van der Waals surface area contributed by atoms with Crippen LogP contribution in [0.1, 0.15) is 127 Å². The van der Waals surface area contributed by atoms with Crippen molar-refractivity contribution in [1.29, 1.82) is 0 Å². The SMILES string of the molecule is CCC(O)(CC)[C@H](N(C(=O)C1(C(N)=O)CCCCC1)[C@H](C(C)(C)C)C(O)(CC)CC)C(C)(C)C. The summed E-state index contributed by atoms with van der Waals surface area (Å²) in [7, 11) is 0. The highest BCUT2D eigenvalue weighted by Gasteiger charge is 2.59. The predicted octanol–water partition coefficient (Wildman–Crippen LogP) is 5.18. The topological polar surface area (TPSA) is 104 Å². The van der Waals surface area contributed by atoms with Gasteiger partial charge in [-0.25, -0.2) is 0 Å². The molecule has 2 atom stereocenters. The lowest BCUT2D eigenvalue weighted by Crippen LogP contribution is -2.72. The first kappa shape index (κ1) is 30.9. The van der Waals surface area contributed by atoms with Gasteiger partial charge in [0, 0.05) is 0 Å². The summed E-state index contributed by atoms with van der Waals surface area (Å²) in [6.07, 6.45) is 5.13. The fraction of sp³-hybridized carbons (Fsp3) is 0.929. The summed E-state index contributed by atoms with van der Waals surface area (Å²) in [5, 5.41) is 24.0. The number of carbonyl (C=O) groups is 2. The first-order chi connectivity index (χ1) is 15.4. The Balaban J connectivity index is 4.10. The molecule has 1 saturated carbocycles. The minimum Gasteiger partial charge on any atom is -0.388 e. The van der Waals surface area contributed by atoms with Crippen LogP contribution in [-0.4, -0.2) is 50.2 Å². The van der Waals surface area contributed by atoms with Gasteiger partial charge >= 0.3 is 0 Å². The summed E-state index contributed by atoms with van der Waals surface area (Å²) in [5.74, 6) is -0.907. The highest BCUT2D eigenvalue weighted by atomic mass is 16.3. The zero-order valence-corrected chi connectivity index (χ0v) is 23.8. The molecule has 200 valence electrons. The highest BCUT2D eigenvalue weighted by Crippen LogP contribution is 2.48. The van der Waals surface area contributed by atoms with Crippen LogP contribution in [-0.2, 0) is 9.59 Å². The third-order valence-corrected chi connectivity index (χ3v) is 8.49. The van der Waals surface area contributed by atoms with Crippen molar-refractivity contribution in [1.82, 2.24) is 4.90 Å². The van der Waals surface area contributed by atoms with Crippen molar-refractivity contribution in [3.05, 3.63) is 0 Å². The van der Waals surface area contributed by atoms with Crippen molar-refractivity contribution in [3.8, 4) is 0 Å². The number of nitrogens with zero attached hydrogens (tertiary/aromatic N) is 1.